The number of carbonyl (C=O) groups excluding carboxylic acids is 3. The number of carboxylic acids is 1. The van der Waals surface area contributed by atoms with Crippen molar-refractivity contribution in [3.8, 4) is 11.1 Å². The smallest absolute Gasteiger partial charge is 0.303 e. The highest BCUT2D eigenvalue weighted by Crippen LogP contribution is 2.48. The van der Waals surface area contributed by atoms with E-state index in [1.165, 1.54) is 0 Å². The Kier molecular flexibility index (Phi) is 15.3. The van der Waals surface area contributed by atoms with Gasteiger partial charge in [0.1, 0.15) is 0 Å². The maximum absolute atomic E-state index is 13.4. The third-order valence-corrected chi connectivity index (χ3v) is 14.8. The number of allylic oxidation sites excluding steroid dienone is 4. The molecule has 14 nitrogen and oxygen atoms in total. The molecule has 0 saturated carbocycles. The highest BCUT2D eigenvalue weighted by molar-refractivity contribution is 5.98. The number of rotatable bonds is 18. The maximum atomic E-state index is 13.4. The van der Waals surface area contributed by atoms with Gasteiger partial charge in [-0.25, -0.2) is 9.97 Å². The number of hydrogen-bond acceptors (Lipinski definition) is 8. The molecule has 3 aliphatic heterocycles. The Hall–Kier alpha value is -8.78. The Morgan fingerprint density at radius 2 is 1.22 bits per heavy atom. The lowest BCUT2D eigenvalue weighted by Crippen LogP contribution is -2.34. The number of aromatic amines is 2. The Morgan fingerprint density at radius 1 is 0.658 bits per heavy atom. The van der Waals surface area contributed by atoms with Gasteiger partial charge in [-0.1, -0.05) is 67.8 Å². The van der Waals surface area contributed by atoms with Crippen LogP contribution in [0.25, 0.3) is 67.6 Å². The molecule has 8 N–H and O–H groups in total. The molecular formula is C62H65N9O5. The lowest BCUT2D eigenvalue weighted by molar-refractivity contribution is -0.137. The molecule has 6 heterocycles. The number of anilines is 3. The van der Waals surface area contributed by atoms with Gasteiger partial charge in [-0.2, -0.15) is 0 Å². The van der Waals surface area contributed by atoms with Crippen molar-refractivity contribution in [3.63, 3.8) is 0 Å². The molecule has 0 radical (unpaired) electrons. The van der Waals surface area contributed by atoms with E-state index in [-0.39, 0.29) is 69.0 Å². The second-order valence-corrected chi connectivity index (χ2v) is 19.6. The molecule has 0 fully saturated rings. The molecule has 388 valence electrons. The second kappa shape index (κ2) is 22.4. The lowest BCUT2D eigenvalue weighted by atomic mass is 9.84. The molecule has 14 heteroatoms. The van der Waals surface area contributed by atoms with E-state index in [2.05, 4.69) is 87.3 Å². The first-order chi connectivity index (χ1) is 36.6. The second-order valence-electron chi connectivity index (χ2n) is 19.6. The fourth-order valence-corrected chi connectivity index (χ4v) is 10.8. The molecule has 6 aromatic rings. The summed E-state index contributed by atoms with van der Waals surface area (Å²) in [6.45, 7) is 19.6. The third kappa shape index (κ3) is 10.7. The normalized spacial score (nSPS) is 13.8. The number of amides is 3. The molecule has 1 atom stereocenters. The van der Waals surface area contributed by atoms with E-state index in [0.29, 0.717) is 41.3 Å². The zero-order valence-electron chi connectivity index (χ0n) is 43.9. The van der Waals surface area contributed by atoms with Crippen molar-refractivity contribution in [2.45, 2.75) is 85.6 Å². The number of aryl methyl sites for hydroxylation is 2. The molecular weight excluding hydrogens is 951 g/mol. The maximum Gasteiger partial charge on any atom is 0.303 e. The van der Waals surface area contributed by atoms with Crippen LogP contribution in [0.4, 0.5) is 17.1 Å². The number of aromatic nitrogens is 4. The topological polar surface area (TPSA) is 211 Å². The summed E-state index contributed by atoms with van der Waals surface area (Å²) >= 11 is 0. The molecule has 76 heavy (non-hydrogen) atoms. The zero-order valence-corrected chi connectivity index (χ0v) is 43.9. The molecule has 3 aromatic carbocycles. The summed E-state index contributed by atoms with van der Waals surface area (Å²) in [4.78, 5) is 71.1. The molecule has 8 bridgehead atoms. The standard InChI is InChI=1S/C62H65N9O5/c1-8-42-35(4)49-31-50-37(6)44(55(69-50)34-56-45(24-26-61(75)76)38(7)52(70-56)33-54-43(9-2)36(5)51(68-54)32-53(42)67-49)23-25-59(73)65-28-27-64-58(72)17-14-18-60(74)66-41-20-22-46-47-21-19-40(63)29-57(47)71(10-3)62(48(46)30-41)39-15-12-11-13-16-39/h8-9,11-13,15-16,19-22,29-34,62,67-68H,1-2,10,14,17-18,23-28,63H2,3-7H3,(H,64,72)(H,65,73)(H,66,74)(H,75,76). The van der Waals surface area contributed by atoms with Crippen molar-refractivity contribution in [1.82, 2.24) is 30.6 Å². The fourth-order valence-electron chi connectivity index (χ4n) is 10.8. The number of aliphatic carboxylic acids is 1. The molecule has 3 amide bonds. The van der Waals surface area contributed by atoms with Crippen molar-refractivity contribution in [2.24, 2.45) is 0 Å². The molecule has 1 unspecified atom stereocenters. The SMILES string of the molecule is C=Cc1c(C)c2cc3[nH]c(cc4nc(cc5nc(cc1[nH]2)C(C)=C5CCC(=O)O)C(CCC(=O)NCCNC(=O)CCCC(=O)Nc1ccc2c(c1)C(c1ccccc1)N(CC)c1cc(N)ccc1-2)=C4C)c(C)c3C=C. The minimum Gasteiger partial charge on any atom is -0.481 e. The number of nitrogens with two attached hydrogens (primary N) is 1. The number of nitrogen functional groups attached to an aromatic ring is 1. The van der Waals surface area contributed by atoms with E-state index < -0.39 is 5.97 Å². The van der Waals surface area contributed by atoms with Gasteiger partial charge in [-0.3, -0.25) is 19.2 Å². The molecule has 3 aromatic heterocycles. The lowest BCUT2D eigenvalue weighted by Gasteiger charge is -2.40. The van der Waals surface area contributed by atoms with Gasteiger partial charge >= 0.3 is 5.97 Å². The van der Waals surface area contributed by atoms with Crippen LogP contribution in [0.3, 0.4) is 0 Å². The summed E-state index contributed by atoms with van der Waals surface area (Å²) in [5, 5.41) is 18.6. The molecule has 0 aliphatic carbocycles. The van der Waals surface area contributed by atoms with Gasteiger partial charge in [-0.05, 0) is 153 Å². The van der Waals surface area contributed by atoms with Gasteiger partial charge in [0.15, 0.2) is 0 Å². The van der Waals surface area contributed by atoms with Crippen molar-refractivity contribution in [2.75, 3.05) is 35.6 Å². The van der Waals surface area contributed by atoms with E-state index in [9.17, 15) is 24.3 Å². The van der Waals surface area contributed by atoms with Crippen LogP contribution in [0.5, 0.6) is 0 Å². The number of carboxylic acid groups (broad SMARTS) is 1. The number of fused-ring (bicyclic) bond motifs is 11. The summed E-state index contributed by atoms with van der Waals surface area (Å²) in [5.41, 5.74) is 26.7. The van der Waals surface area contributed by atoms with Crippen LogP contribution in [0.15, 0.2) is 104 Å². The molecule has 0 saturated heterocycles. The van der Waals surface area contributed by atoms with Crippen molar-refractivity contribution >= 4 is 97.3 Å². The summed E-state index contributed by atoms with van der Waals surface area (Å²) in [7, 11) is 0. The summed E-state index contributed by atoms with van der Waals surface area (Å²) in [6, 6.07) is 30.2. The average molecular weight is 1020 g/mol. The minimum absolute atomic E-state index is 0.0679. The molecule has 9 rings (SSSR count). The predicted octanol–water partition coefficient (Wildman–Crippen LogP) is 11.9. The Morgan fingerprint density at radius 3 is 1.84 bits per heavy atom. The average Bonchev–Trinajstić information content (AvgIpc) is 4.10. The summed E-state index contributed by atoms with van der Waals surface area (Å²) in [5.74, 6) is -1.48. The summed E-state index contributed by atoms with van der Waals surface area (Å²) in [6.07, 6.45) is 5.08. The van der Waals surface area contributed by atoms with E-state index in [1.54, 1.807) is 0 Å². The van der Waals surface area contributed by atoms with E-state index in [1.807, 2.05) is 94.4 Å². The monoisotopic (exact) mass is 1020 g/mol. The predicted molar refractivity (Wildman–Crippen MR) is 308 cm³/mol. The van der Waals surface area contributed by atoms with Crippen molar-refractivity contribution in [3.05, 3.63) is 160 Å². The minimum atomic E-state index is -0.905. The largest absolute Gasteiger partial charge is 0.481 e. The van der Waals surface area contributed by atoms with Crippen LogP contribution in [0.2, 0.25) is 0 Å². The number of benzene rings is 3. The fraction of sp³-hybridized carbons (Fsp3) is 0.258. The van der Waals surface area contributed by atoms with Crippen LogP contribution < -0.4 is 26.6 Å². The molecule has 3 aliphatic rings. The van der Waals surface area contributed by atoms with Crippen LogP contribution in [-0.4, -0.2) is 68.4 Å². The number of hydrogen-bond donors (Lipinski definition) is 7. The Balaban J connectivity index is 0.839. The third-order valence-electron chi connectivity index (χ3n) is 14.8. The highest BCUT2D eigenvalue weighted by Gasteiger charge is 2.32. The van der Waals surface area contributed by atoms with Crippen LogP contribution in [0.1, 0.15) is 128 Å². The molecule has 0 spiro atoms. The first-order valence-corrected chi connectivity index (χ1v) is 26.0. The number of carbonyl (C=O) groups is 4. The quantitative estimate of drug-likeness (QED) is 0.0322. The number of H-pyrrole nitrogens is 2. The zero-order chi connectivity index (χ0) is 53.8. The van der Waals surface area contributed by atoms with Crippen LogP contribution in [-0.2, 0) is 19.2 Å². The van der Waals surface area contributed by atoms with Gasteiger partial charge in [0.2, 0.25) is 17.7 Å². The highest BCUT2D eigenvalue weighted by atomic mass is 16.4. The van der Waals surface area contributed by atoms with Gasteiger partial charge in [-0.15, -0.1) is 0 Å². The number of nitrogens with one attached hydrogen (secondary N) is 5. The van der Waals surface area contributed by atoms with Gasteiger partial charge in [0.05, 0.1) is 28.8 Å². The van der Waals surface area contributed by atoms with Gasteiger partial charge in [0, 0.05) is 101 Å². The van der Waals surface area contributed by atoms with Gasteiger partial charge in [0.25, 0.3) is 0 Å². The van der Waals surface area contributed by atoms with E-state index in [4.69, 9.17) is 15.7 Å². The number of nitrogens with zero attached hydrogens (tertiary/aromatic N) is 3. The van der Waals surface area contributed by atoms with E-state index >= 15 is 0 Å². The van der Waals surface area contributed by atoms with Crippen LogP contribution in [0, 0.1) is 13.8 Å². The van der Waals surface area contributed by atoms with Crippen LogP contribution >= 0.6 is 0 Å². The van der Waals surface area contributed by atoms with Gasteiger partial charge < -0.3 is 41.7 Å². The Bertz CT molecular complexity index is 3580. The summed E-state index contributed by atoms with van der Waals surface area (Å²) < 4.78 is 0. The first-order valence-electron chi connectivity index (χ1n) is 26.0. The first kappa shape index (κ1) is 52.1. The Labute approximate surface area is 443 Å². The van der Waals surface area contributed by atoms with Crippen molar-refractivity contribution < 1.29 is 24.3 Å². The van der Waals surface area contributed by atoms with Crippen molar-refractivity contribution in [1.29, 1.82) is 0 Å². The van der Waals surface area contributed by atoms with E-state index in [0.717, 1.165) is 107 Å².